The number of benzene rings is 1. The zero-order valence-electron chi connectivity index (χ0n) is 10.4. The summed E-state index contributed by atoms with van der Waals surface area (Å²) in [5, 5.41) is 10.3. The molecule has 1 heterocycles. The van der Waals surface area contributed by atoms with E-state index in [4.69, 9.17) is 4.74 Å². The fourth-order valence-corrected chi connectivity index (χ4v) is 2.26. The Morgan fingerprint density at radius 2 is 1.88 bits per heavy atom. The summed E-state index contributed by atoms with van der Waals surface area (Å²) < 4.78 is 5.35. The van der Waals surface area contributed by atoms with Crippen molar-refractivity contribution in [1.29, 1.82) is 0 Å². The number of hydrogen-bond donors (Lipinski definition) is 1. The van der Waals surface area contributed by atoms with E-state index in [1.54, 1.807) is 0 Å². The van der Waals surface area contributed by atoms with E-state index in [-0.39, 0.29) is 0 Å². The number of aliphatic hydroxyl groups is 1. The monoisotopic (exact) mass is 235 g/mol. The first kappa shape index (κ1) is 12.4. The molecular formula is C14H21NO2. The number of rotatable bonds is 4. The fourth-order valence-electron chi connectivity index (χ4n) is 2.26. The van der Waals surface area contributed by atoms with Crippen molar-refractivity contribution in [2.24, 2.45) is 0 Å². The Hall–Kier alpha value is -1.06. The highest BCUT2D eigenvalue weighted by molar-refractivity contribution is 5.46. The molecule has 1 aliphatic rings. The molecule has 17 heavy (non-hydrogen) atoms. The highest BCUT2D eigenvalue weighted by Gasteiger charge is 2.32. The average Bonchev–Trinajstić information content (AvgIpc) is 2.38. The highest BCUT2D eigenvalue weighted by atomic mass is 16.5. The molecule has 1 aliphatic heterocycles. The Balaban J connectivity index is 1.90. The number of anilines is 1. The van der Waals surface area contributed by atoms with E-state index in [0.717, 1.165) is 25.9 Å². The quantitative estimate of drug-likeness (QED) is 0.867. The summed E-state index contributed by atoms with van der Waals surface area (Å²) in [6, 6.07) is 10.4. The van der Waals surface area contributed by atoms with Crippen molar-refractivity contribution < 1.29 is 9.84 Å². The smallest absolute Gasteiger partial charge is 0.0913 e. The lowest BCUT2D eigenvalue weighted by Gasteiger charge is -2.39. The normalized spacial score (nSPS) is 19.3. The molecule has 2 rings (SSSR count). The molecule has 0 spiro atoms. The number of hydrogen-bond acceptors (Lipinski definition) is 3. The molecule has 3 nitrogen and oxygen atoms in total. The van der Waals surface area contributed by atoms with Crippen molar-refractivity contribution in [2.45, 2.75) is 25.4 Å². The van der Waals surface area contributed by atoms with Gasteiger partial charge in [0.1, 0.15) is 0 Å². The van der Waals surface area contributed by atoms with Crippen LogP contribution in [0.15, 0.2) is 30.3 Å². The van der Waals surface area contributed by atoms with Gasteiger partial charge in [0.25, 0.3) is 0 Å². The molecule has 1 N–H and O–H groups in total. The van der Waals surface area contributed by atoms with Gasteiger partial charge in [-0.2, -0.15) is 0 Å². The first-order valence-electron chi connectivity index (χ1n) is 6.34. The summed E-state index contributed by atoms with van der Waals surface area (Å²) in [5.74, 6) is 0. The van der Waals surface area contributed by atoms with Gasteiger partial charge in [-0.3, -0.25) is 0 Å². The summed E-state index contributed by atoms with van der Waals surface area (Å²) in [7, 11) is 0. The number of ether oxygens (including phenoxy) is 1. The summed E-state index contributed by atoms with van der Waals surface area (Å²) >= 11 is 0. The van der Waals surface area contributed by atoms with Gasteiger partial charge in [-0.15, -0.1) is 0 Å². The molecule has 0 aromatic heterocycles. The summed E-state index contributed by atoms with van der Waals surface area (Å²) in [4.78, 5) is 2.32. The Labute approximate surface area is 103 Å². The maximum absolute atomic E-state index is 10.3. The first-order chi connectivity index (χ1) is 8.23. The number of para-hydroxylation sites is 1. The van der Waals surface area contributed by atoms with Crippen LogP contribution in [0.2, 0.25) is 0 Å². The lowest BCUT2D eigenvalue weighted by Crippen LogP contribution is -2.47. The van der Waals surface area contributed by atoms with E-state index in [0.29, 0.717) is 13.2 Å². The second-order valence-electron chi connectivity index (χ2n) is 4.68. The predicted octanol–water partition coefficient (Wildman–Crippen LogP) is 2.05. The molecule has 1 saturated heterocycles. The third-order valence-corrected chi connectivity index (χ3v) is 3.39. The maximum atomic E-state index is 10.3. The van der Waals surface area contributed by atoms with Crippen LogP contribution in [0.4, 0.5) is 5.69 Å². The molecular weight excluding hydrogens is 214 g/mol. The van der Waals surface area contributed by atoms with Gasteiger partial charge in [0.05, 0.1) is 12.2 Å². The van der Waals surface area contributed by atoms with Crippen LogP contribution in [0.25, 0.3) is 0 Å². The van der Waals surface area contributed by atoms with Crippen molar-refractivity contribution >= 4 is 5.69 Å². The largest absolute Gasteiger partial charge is 0.387 e. The lowest BCUT2D eigenvalue weighted by atomic mass is 9.92. The molecule has 0 unspecified atom stereocenters. The van der Waals surface area contributed by atoms with Crippen molar-refractivity contribution in [3.05, 3.63) is 30.3 Å². The minimum Gasteiger partial charge on any atom is -0.387 e. The number of piperidine rings is 1. The van der Waals surface area contributed by atoms with E-state index in [2.05, 4.69) is 29.2 Å². The molecule has 0 atom stereocenters. The van der Waals surface area contributed by atoms with E-state index >= 15 is 0 Å². The van der Waals surface area contributed by atoms with Gasteiger partial charge >= 0.3 is 0 Å². The van der Waals surface area contributed by atoms with Crippen LogP contribution in [-0.4, -0.2) is 37.0 Å². The Kier molecular flexibility index (Phi) is 4.02. The van der Waals surface area contributed by atoms with Crippen molar-refractivity contribution in [2.75, 3.05) is 31.2 Å². The summed E-state index contributed by atoms with van der Waals surface area (Å²) in [6.07, 6.45) is 1.56. The van der Waals surface area contributed by atoms with Gasteiger partial charge in [0.2, 0.25) is 0 Å². The fraction of sp³-hybridized carbons (Fsp3) is 0.571. The molecule has 0 saturated carbocycles. The topological polar surface area (TPSA) is 32.7 Å². The predicted molar refractivity (Wildman–Crippen MR) is 69.3 cm³/mol. The van der Waals surface area contributed by atoms with Gasteiger partial charge < -0.3 is 14.7 Å². The minimum atomic E-state index is -0.624. The van der Waals surface area contributed by atoms with Gasteiger partial charge in [-0.1, -0.05) is 18.2 Å². The molecule has 1 aromatic rings. The van der Waals surface area contributed by atoms with Gasteiger partial charge in [-0.05, 0) is 31.9 Å². The average molecular weight is 235 g/mol. The maximum Gasteiger partial charge on any atom is 0.0913 e. The molecule has 0 amide bonds. The summed E-state index contributed by atoms with van der Waals surface area (Å²) in [5.41, 5.74) is 0.618. The third kappa shape index (κ3) is 3.20. The van der Waals surface area contributed by atoms with Gasteiger partial charge in [0, 0.05) is 25.4 Å². The molecule has 1 fully saturated rings. The number of nitrogens with zero attached hydrogens (tertiary/aromatic N) is 1. The van der Waals surface area contributed by atoms with Crippen LogP contribution in [0.1, 0.15) is 19.8 Å². The second kappa shape index (κ2) is 5.52. The van der Waals surface area contributed by atoms with Crippen LogP contribution in [0, 0.1) is 0 Å². The standard InChI is InChI=1S/C14H21NO2/c1-2-17-12-14(16)8-10-15(11-9-14)13-6-4-3-5-7-13/h3-7,16H,2,8-12H2,1H3. The Morgan fingerprint density at radius 1 is 1.24 bits per heavy atom. The second-order valence-corrected chi connectivity index (χ2v) is 4.68. The van der Waals surface area contributed by atoms with Crippen LogP contribution < -0.4 is 4.90 Å². The minimum absolute atomic E-state index is 0.464. The highest BCUT2D eigenvalue weighted by Crippen LogP contribution is 2.26. The SMILES string of the molecule is CCOCC1(O)CCN(c2ccccc2)CC1. The molecule has 0 aliphatic carbocycles. The zero-order valence-corrected chi connectivity index (χ0v) is 10.4. The van der Waals surface area contributed by atoms with Crippen molar-refractivity contribution in [3.8, 4) is 0 Å². The lowest BCUT2D eigenvalue weighted by molar-refractivity contribution is -0.0580. The van der Waals surface area contributed by atoms with E-state index in [1.165, 1.54) is 5.69 Å². The van der Waals surface area contributed by atoms with E-state index < -0.39 is 5.60 Å². The van der Waals surface area contributed by atoms with Crippen LogP contribution >= 0.6 is 0 Å². The molecule has 94 valence electrons. The van der Waals surface area contributed by atoms with E-state index in [1.807, 2.05) is 13.0 Å². The Morgan fingerprint density at radius 3 is 2.47 bits per heavy atom. The van der Waals surface area contributed by atoms with Crippen molar-refractivity contribution in [3.63, 3.8) is 0 Å². The van der Waals surface area contributed by atoms with Crippen LogP contribution in [0.3, 0.4) is 0 Å². The van der Waals surface area contributed by atoms with Crippen LogP contribution in [0.5, 0.6) is 0 Å². The molecule has 1 aromatic carbocycles. The van der Waals surface area contributed by atoms with Gasteiger partial charge in [-0.25, -0.2) is 0 Å². The van der Waals surface area contributed by atoms with E-state index in [9.17, 15) is 5.11 Å². The summed E-state index contributed by atoms with van der Waals surface area (Å²) in [6.45, 7) is 4.89. The molecule has 0 radical (unpaired) electrons. The Bertz CT molecular complexity index is 331. The molecule has 0 bridgehead atoms. The van der Waals surface area contributed by atoms with Crippen molar-refractivity contribution in [1.82, 2.24) is 0 Å². The van der Waals surface area contributed by atoms with Gasteiger partial charge in [0.15, 0.2) is 0 Å². The zero-order chi connectivity index (χ0) is 12.1. The molecule has 3 heteroatoms. The third-order valence-electron chi connectivity index (χ3n) is 3.39. The first-order valence-corrected chi connectivity index (χ1v) is 6.34. The van der Waals surface area contributed by atoms with Crippen LogP contribution in [-0.2, 0) is 4.74 Å².